The molecule has 0 aromatic heterocycles. The number of rotatable bonds is 6. The van der Waals surface area contributed by atoms with Gasteiger partial charge in [-0.25, -0.2) is 0 Å². The van der Waals surface area contributed by atoms with Crippen molar-refractivity contribution >= 4 is 23.1 Å². The van der Waals surface area contributed by atoms with Gasteiger partial charge in [0.2, 0.25) is 0 Å². The molecule has 0 aliphatic rings. The number of anilines is 2. The second-order valence-electron chi connectivity index (χ2n) is 4.48. The molecule has 1 aromatic carbocycles. The highest BCUT2D eigenvalue weighted by Gasteiger charge is 2.24. The van der Waals surface area contributed by atoms with Gasteiger partial charge in [0.1, 0.15) is 0 Å². The summed E-state index contributed by atoms with van der Waals surface area (Å²) in [6.45, 7) is 7.51. The van der Waals surface area contributed by atoms with Crippen LogP contribution in [-0.2, 0) is 0 Å². The Morgan fingerprint density at radius 2 is 1.94 bits per heavy atom. The predicted molar refractivity (Wildman–Crippen MR) is 80.9 cm³/mol. The van der Waals surface area contributed by atoms with Crippen LogP contribution < -0.4 is 11.1 Å². The average Bonchev–Trinajstić information content (AvgIpc) is 2.36. The lowest BCUT2D eigenvalue weighted by atomic mass is 10.0. The number of hydrogen-bond acceptors (Lipinski definition) is 3. The lowest BCUT2D eigenvalue weighted by Crippen LogP contribution is -2.32. The third-order valence-electron chi connectivity index (χ3n) is 3.65. The molecular formula is C14H24N2S. The second-order valence-corrected chi connectivity index (χ2v) is 5.76. The molecule has 2 nitrogen and oxygen atoms in total. The minimum atomic E-state index is 0.316. The second kappa shape index (κ2) is 6.20. The van der Waals surface area contributed by atoms with Crippen LogP contribution in [0.5, 0.6) is 0 Å². The molecule has 0 aliphatic carbocycles. The van der Waals surface area contributed by atoms with E-state index < -0.39 is 0 Å². The maximum absolute atomic E-state index is 6.07. The van der Waals surface area contributed by atoms with E-state index in [1.54, 1.807) is 0 Å². The van der Waals surface area contributed by atoms with Crippen molar-refractivity contribution in [3.8, 4) is 0 Å². The van der Waals surface area contributed by atoms with E-state index in [4.69, 9.17) is 5.73 Å². The van der Waals surface area contributed by atoms with Crippen molar-refractivity contribution in [3.05, 3.63) is 23.8 Å². The normalized spacial score (nSPS) is 11.5. The van der Waals surface area contributed by atoms with Gasteiger partial charge in [0.05, 0.1) is 11.4 Å². The summed E-state index contributed by atoms with van der Waals surface area (Å²) in [6, 6.07) is 6.15. The minimum Gasteiger partial charge on any atom is -0.397 e. The molecule has 0 amide bonds. The van der Waals surface area contributed by atoms with E-state index in [1.165, 1.54) is 12.8 Å². The number of nitrogen functional groups attached to an aromatic ring is 1. The molecular weight excluding hydrogens is 228 g/mol. The van der Waals surface area contributed by atoms with Crippen LogP contribution in [0.25, 0.3) is 0 Å². The van der Waals surface area contributed by atoms with Gasteiger partial charge in [-0.2, -0.15) is 11.8 Å². The zero-order valence-corrected chi connectivity index (χ0v) is 12.2. The van der Waals surface area contributed by atoms with E-state index in [-0.39, 0.29) is 0 Å². The van der Waals surface area contributed by atoms with Crippen LogP contribution in [0.1, 0.15) is 32.3 Å². The van der Waals surface area contributed by atoms with E-state index in [0.717, 1.165) is 23.5 Å². The van der Waals surface area contributed by atoms with Crippen molar-refractivity contribution in [2.24, 2.45) is 0 Å². The fraction of sp³-hybridized carbons (Fsp3) is 0.571. The van der Waals surface area contributed by atoms with Crippen LogP contribution >= 0.6 is 11.8 Å². The Morgan fingerprint density at radius 1 is 1.29 bits per heavy atom. The predicted octanol–water partition coefficient (Wildman–Crippen LogP) is 3.91. The van der Waals surface area contributed by atoms with Gasteiger partial charge >= 0.3 is 0 Å². The number of nitrogens with two attached hydrogens (primary N) is 1. The molecule has 0 saturated carbocycles. The molecule has 3 heteroatoms. The molecule has 0 heterocycles. The summed E-state index contributed by atoms with van der Waals surface area (Å²) >= 11 is 1.94. The van der Waals surface area contributed by atoms with Crippen molar-refractivity contribution in [1.29, 1.82) is 0 Å². The first-order valence-corrected chi connectivity index (χ1v) is 7.45. The van der Waals surface area contributed by atoms with Crippen molar-refractivity contribution in [2.45, 2.75) is 38.4 Å². The number of hydrogen-bond donors (Lipinski definition) is 2. The van der Waals surface area contributed by atoms with Crippen LogP contribution in [0.4, 0.5) is 11.4 Å². The SMILES string of the molecule is CCC(CC)(CNc1cccc(C)c1N)SC. The molecule has 0 aliphatic heterocycles. The Labute approximate surface area is 109 Å². The molecule has 1 rings (SSSR count). The highest BCUT2D eigenvalue weighted by molar-refractivity contribution is 8.00. The van der Waals surface area contributed by atoms with Crippen molar-refractivity contribution in [1.82, 2.24) is 0 Å². The molecule has 0 saturated heterocycles. The molecule has 3 N–H and O–H groups in total. The number of para-hydroxylation sites is 1. The van der Waals surface area contributed by atoms with Gasteiger partial charge in [-0.1, -0.05) is 26.0 Å². The van der Waals surface area contributed by atoms with Gasteiger partial charge in [0.25, 0.3) is 0 Å². The molecule has 0 radical (unpaired) electrons. The standard InChI is InChI=1S/C14H24N2S/c1-5-14(6-2,17-4)10-16-12-9-7-8-11(3)13(12)15/h7-9,16H,5-6,10,15H2,1-4H3. The summed E-state index contributed by atoms with van der Waals surface area (Å²) in [5, 5.41) is 3.50. The molecule has 17 heavy (non-hydrogen) atoms. The van der Waals surface area contributed by atoms with Gasteiger partial charge in [-0.3, -0.25) is 0 Å². The van der Waals surface area contributed by atoms with Crippen LogP contribution in [0.15, 0.2) is 18.2 Å². The summed E-state index contributed by atoms with van der Waals surface area (Å²) in [7, 11) is 0. The van der Waals surface area contributed by atoms with E-state index in [1.807, 2.05) is 30.8 Å². The van der Waals surface area contributed by atoms with E-state index >= 15 is 0 Å². The topological polar surface area (TPSA) is 38.0 Å². The van der Waals surface area contributed by atoms with E-state index in [2.05, 4.69) is 31.5 Å². The number of aryl methyl sites for hydroxylation is 1. The number of nitrogens with one attached hydrogen (secondary N) is 1. The van der Waals surface area contributed by atoms with Crippen LogP contribution in [0, 0.1) is 6.92 Å². The van der Waals surface area contributed by atoms with Gasteiger partial charge in [-0.05, 0) is 37.7 Å². The summed E-state index contributed by atoms with van der Waals surface area (Å²) < 4.78 is 0.316. The number of benzene rings is 1. The first-order valence-electron chi connectivity index (χ1n) is 6.22. The largest absolute Gasteiger partial charge is 0.397 e. The van der Waals surface area contributed by atoms with Gasteiger partial charge < -0.3 is 11.1 Å². The van der Waals surface area contributed by atoms with Gasteiger partial charge in [0, 0.05) is 11.3 Å². The molecule has 0 spiro atoms. The van der Waals surface area contributed by atoms with Crippen molar-refractivity contribution < 1.29 is 0 Å². The molecule has 0 unspecified atom stereocenters. The van der Waals surface area contributed by atoms with Crippen molar-refractivity contribution in [3.63, 3.8) is 0 Å². The number of thioether (sulfide) groups is 1. The Kier molecular flexibility index (Phi) is 5.19. The lowest BCUT2D eigenvalue weighted by molar-refractivity contribution is 0.575. The fourth-order valence-electron chi connectivity index (χ4n) is 1.95. The quantitative estimate of drug-likeness (QED) is 0.754. The van der Waals surface area contributed by atoms with Crippen LogP contribution in [-0.4, -0.2) is 17.5 Å². The molecule has 1 aromatic rings. The smallest absolute Gasteiger partial charge is 0.0579 e. The first kappa shape index (κ1) is 14.2. The fourth-order valence-corrected chi connectivity index (χ4v) is 2.75. The highest BCUT2D eigenvalue weighted by atomic mass is 32.2. The Morgan fingerprint density at radius 3 is 2.47 bits per heavy atom. The summed E-state index contributed by atoms with van der Waals surface area (Å²) in [4.78, 5) is 0. The molecule has 0 fully saturated rings. The van der Waals surface area contributed by atoms with Gasteiger partial charge in [0.15, 0.2) is 0 Å². The summed E-state index contributed by atoms with van der Waals surface area (Å²) in [6.07, 6.45) is 4.53. The zero-order chi connectivity index (χ0) is 12.9. The maximum atomic E-state index is 6.07. The summed E-state index contributed by atoms with van der Waals surface area (Å²) in [5.41, 5.74) is 9.13. The Hall–Kier alpha value is -0.830. The van der Waals surface area contributed by atoms with Crippen LogP contribution in [0.3, 0.4) is 0 Å². The third kappa shape index (κ3) is 3.32. The van der Waals surface area contributed by atoms with Crippen LogP contribution in [0.2, 0.25) is 0 Å². The third-order valence-corrected chi connectivity index (χ3v) is 5.23. The monoisotopic (exact) mass is 252 g/mol. The van der Waals surface area contributed by atoms with Gasteiger partial charge in [-0.15, -0.1) is 0 Å². The average molecular weight is 252 g/mol. The molecule has 96 valence electrons. The maximum Gasteiger partial charge on any atom is 0.0579 e. The Balaban J connectivity index is 2.75. The summed E-state index contributed by atoms with van der Waals surface area (Å²) in [5.74, 6) is 0. The molecule has 0 bridgehead atoms. The van der Waals surface area contributed by atoms with Crippen molar-refractivity contribution in [2.75, 3.05) is 23.9 Å². The Bertz CT molecular complexity index is 351. The lowest BCUT2D eigenvalue weighted by Gasteiger charge is -2.30. The zero-order valence-electron chi connectivity index (χ0n) is 11.3. The molecule has 0 atom stereocenters. The highest BCUT2D eigenvalue weighted by Crippen LogP contribution is 2.31. The minimum absolute atomic E-state index is 0.316. The van der Waals surface area contributed by atoms with E-state index in [9.17, 15) is 0 Å². The first-order chi connectivity index (χ1) is 8.08. The van der Waals surface area contributed by atoms with E-state index in [0.29, 0.717) is 4.75 Å².